The Hall–Kier alpha value is -3.81. The van der Waals surface area contributed by atoms with Crippen LogP contribution in [0.2, 0.25) is 0 Å². The third-order valence-electron chi connectivity index (χ3n) is 4.42. The van der Waals surface area contributed by atoms with Crippen molar-refractivity contribution in [2.75, 3.05) is 4.90 Å². The van der Waals surface area contributed by atoms with E-state index in [1.54, 1.807) is 25.3 Å². The monoisotopic (exact) mass is 379 g/mol. The van der Waals surface area contributed by atoms with Crippen LogP contribution in [0, 0.1) is 12.7 Å². The lowest BCUT2D eigenvalue weighted by Gasteiger charge is -2.22. The second kappa shape index (κ2) is 6.73. The average molecular weight is 379 g/mol. The topological polar surface area (TPSA) is 96.5 Å². The van der Waals surface area contributed by atoms with Crippen molar-refractivity contribution in [3.8, 4) is 0 Å². The predicted octanol–water partition coefficient (Wildman–Crippen LogP) is 3.14. The minimum absolute atomic E-state index is 0.134. The van der Waals surface area contributed by atoms with Crippen LogP contribution in [0.3, 0.4) is 0 Å². The van der Waals surface area contributed by atoms with Gasteiger partial charge >= 0.3 is 5.91 Å². The fourth-order valence-electron chi connectivity index (χ4n) is 3.15. The minimum Gasteiger partial charge on any atom is -0.507 e. The number of anilines is 1. The maximum Gasteiger partial charge on any atom is 0.301 e. The molecular formula is C20H14FN3O4. The summed E-state index contributed by atoms with van der Waals surface area (Å²) in [7, 11) is 0. The molecule has 1 aliphatic rings. The fourth-order valence-corrected chi connectivity index (χ4v) is 3.15. The predicted molar refractivity (Wildman–Crippen MR) is 96.7 cm³/mol. The standard InChI is InChI=1S/C20H14FN3O4/c1-11-9-15(23-28-11)24-17(13-3-2-8-22-10-13)16(19(26)20(24)27)18(25)12-4-6-14(21)7-5-12/h2-10,17,25H,1H3/b18-16+. The zero-order chi connectivity index (χ0) is 19.8. The zero-order valence-electron chi connectivity index (χ0n) is 14.7. The number of rotatable bonds is 3. The largest absolute Gasteiger partial charge is 0.507 e. The quantitative estimate of drug-likeness (QED) is 0.427. The Morgan fingerprint density at radius 3 is 2.57 bits per heavy atom. The van der Waals surface area contributed by atoms with E-state index in [-0.39, 0.29) is 17.0 Å². The average Bonchev–Trinajstić information content (AvgIpc) is 3.24. The molecule has 1 N–H and O–H groups in total. The van der Waals surface area contributed by atoms with Crippen molar-refractivity contribution in [3.63, 3.8) is 0 Å². The van der Waals surface area contributed by atoms with Gasteiger partial charge in [0.05, 0.1) is 11.6 Å². The number of pyridine rings is 1. The van der Waals surface area contributed by atoms with E-state index in [1.165, 1.54) is 24.4 Å². The van der Waals surface area contributed by atoms with E-state index < -0.39 is 29.3 Å². The molecule has 3 heterocycles. The number of carbonyl (C=O) groups excluding carboxylic acids is 2. The first-order valence-electron chi connectivity index (χ1n) is 8.37. The van der Waals surface area contributed by atoms with Crippen LogP contribution < -0.4 is 4.90 Å². The van der Waals surface area contributed by atoms with Gasteiger partial charge in [-0.1, -0.05) is 11.2 Å². The molecule has 1 atom stereocenters. The van der Waals surface area contributed by atoms with Crippen molar-refractivity contribution in [3.05, 3.63) is 83.1 Å². The SMILES string of the molecule is Cc1cc(N2C(=O)C(=O)/C(=C(/O)c3ccc(F)cc3)C2c2cccnc2)no1. The van der Waals surface area contributed by atoms with Gasteiger partial charge in [-0.05, 0) is 42.8 Å². The van der Waals surface area contributed by atoms with Crippen LogP contribution in [-0.4, -0.2) is 26.9 Å². The number of amides is 1. The van der Waals surface area contributed by atoms with Crippen LogP contribution in [0.1, 0.15) is 22.9 Å². The number of aliphatic hydroxyl groups is 1. The zero-order valence-corrected chi connectivity index (χ0v) is 14.7. The number of benzene rings is 1. The summed E-state index contributed by atoms with van der Waals surface area (Å²) >= 11 is 0. The molecular weight excluding hydrogens is 365 g/mol. The molecule has 0 saturated carbocycles. The van der Waals surface area contributed by atoms with E-state index in [0.29, 0.717) is 11.3 Å². The van der Waals surface area contributed by atoms with E-state index in [0.717, 1.165) is 17.0 Å². The van der Waals surface area contributed by atoms with Gasteiger partial charge in [0.25, 0.3) is 5.78 Å². The first kappa shape index (κ1) is 17.6. The van der Waals surface area contributed by atoms with Gasteiger partial charge in [0.15, 0.2) is 5.82 Å². The maximum atomic E-state index is 13.2. The third kappa shape index (κ3) is 2.84. The summed E-state index contributed by atoms with van der Waals surface area (Å²) in [5.74, 6) is -2.03. The van der Waals surface area contributed by atoms with Gasteiger partial charge in [0, 0.05) is 24.0 Å². The van der Waals surface area contributed by atoms with E-state index >= 15 is 0 Å². The summed E-state index contributed by atoms with van der Waals surface area (Å²) < 4.78 is 18.3. The summed E-state index contributed by atoms with van der Waals surface area (Å²) in [6, 6.07) is 8.88. The summed E-state index contributed by atoms with van der Waals surface area (Å²) in [5, 5.41) is 14.6. The smallest absolute Gasteiger partial charge is 0.301 e. The summed E-state index contributed by atoms with van der Waals surface area (Å²) in [4.78, 5) is 30.8. The van der Waals surface area contributed by atoms with Gasteiger partial charge < -0.3 is 9.63 Å². The summed E-state index contributed by atoms with van der Waals surface area (Å²) in [6.45, 7) is 1.66. The van der Waals surface area contributed by atoms with Gasteiger partial charge in [0.1, 0.15) is 17.3 Å². The Balaban J connectivity index is 1.93. The fraction of sp³-hybridized carbons (Fsp3) is 0.100. The number of hydrogen-bond acceptors (Lipinski definition) is 6. The molecule has 1 aromatic carbocycles. The minimum atomic E-state index is -0.955. The molecule has 2 aromatic heterocycles. The maximum absolute atomic E-state index is 13.2. The van der Waals surface area contributed by atoms with E-state index in [9.17, 15) is 19.1 Å². The Kier molecular flexibility index (Phi) is 4.23. The first-order chi connectivity index (χ1) is 13.5. The second-order valence-corrected chi connectivity index (χ2v) is 6.26. The van der Waals surface area contributed by atoms with Crippen LogP contribution >= 0.6 is 0 Å². The highest BCUT2D eigenvalue weighted by atomic mass is 19.1. The van der Waals surface area contributed by atoms with E-state index in [1.807, 2.05) is 0 Å². The molecule has 8 heteroatoms. The van der Waals surface area contributed by atoms with Crippen molar-refractivity contribution >= 4 is 23.3 Å². The highest BCUT2D eigenvalue weighted by molar-refractivity contribution is 6.51. The second-order valence-electron chi connectivity index (χ2n) is 6.26. The molecule has 1 amide bonds. The summed E-state index contributed by atoms with van der Waals surface area (Å²) in [6.07, 6.45) is 3.05. The van der Waals surface area contributed by atoms with Crippen molar-refractivity contribution < 1.29 is 23.6 Å². The summed E-state index contributed by atoms with van der Waals surface area (Å²) in [5.41, 5.74) is 0.584. The van der Waals surface area contributed by atoms with Gasteiger partial charge in [-0.2, -0.15) is 0 Å². The van der Waals surface area contributed by atoms with E-state index in [4.69, 9.17) is 4.52 Å². The molecule has 1 saturated heterocycles. The van der Waals surface area contributed by atoms with Crippen molar-refractivity contribution in [2.45, 2.75) is 13.0 Å². The van der Waals surface area contributed by atoms with Crippen LogP contribution in [0.25, 0.3) is 5.76 Å². The molecule has 140 valence electrons. The molecule has 4 rings (SSSR count). The van der Waals surface area contributed by atoms with Gasteiger partial charge in [-0.3, -0.25) is 19.5 Å². The Morgan fingerprint density at radius 1 is 1.21 bits per heavy atom. The molecule has 28 heavy (non-hydrogen) atoms. The van der Waals surface area contributed by atoms with Crippen LogP contribution in [0.5, 0.6) is 0 Å². The molecule has 0 bridgehead atoms. The van der Waals surface area contributed by atoms with Gasteiger partial charge in [-0.25, -0.2) is 4.39 Å². The van der Waals surface area contributed by atoms with Gasteiger partial charge in [-0.15, -0.1) is 0 Å². The van der Waals surface area contributed by atoms with Crippen LogP contribution in [0.4, 0.5) is 10.2 Å². The van der Waals surface area contributed by atoms with Crippen LogP contribution in [0.15, 0.2) is 65.0 Å². The molecule has 1 fully saturated rings. The molecule has 0 radical (unpaired) electrons. The third-order valence-corrected chi connectivity index (χ3v) is 4.42. The molecule has 7 nitrogen and oxygen atoms in total. The number of nitrogens with zero attached hydrogens (tertiary/aromatic N) is 3. The molecule has 1 aliphatic heterocycles. The number of halogens is 1. The van der Waals surface area contributed by atoms with Crippen molar-refractivity contribution in [2.24, 2.45) is 0 Å². The molecule has 0 aliphatic carbocycles. The van der Waals surface area contributed by atoms with Crippen molar-refractivity contribution in [1.82, 2.24) is 10.1 Å². The van der Waals surface area contributed by atoms with Crippen molar-refractivity contribution in [1.29, 1.82) is 0 Å². The number of aryl methyl sites for hydroxylation is 1. The Morgan fingerprint density at radius 2 is 1.96 bits per heavy atom. The lowest BCUT2D eigenvalue weighted by molar-refractivity contribution is -0.132. The number of hydrogen-bond donors (Lipinski definition) is 1. The molecule has 1 unspecified atom stereocenters. The normalized spacial score (nSPS) is 18.6. The molecule has 3 aromatic rings. The van der Waals surface area contributed by atoms with Crippen LogP contribution in [-0.2, 0) is 9.59 Å². The highest BCUT2D eigenvalue weighted by Crippen LogP contribution is 2.41. The number of ketones is 1. The Labute approximate surface area is 158 Å². The number of carbonyl (C=O) groups is 2. The van der Waals surface area contributed by atoms with E-state index in [2.05, 4.69) is 10.1 Å². The lowest BCUT2D eigenvalue weighted by atomic mass is 9.96. The van der Waals surface area contributed by atoms with Gasteiger partial charge in [0.2, 0.25) is 0 Å². The Bertz CT molecular complexity index is 1090. The first-order valence-corrected chi connectivity index (χ1v) is 8.37. The lowest BCUT2D eigenvalue weighted by Crippen LogP contribution is -2.29. The molecule has 0 spiro atoms. The number of aromatic nitrogens is 2. The number of aliphatic hydroxyl groups excluding tert-OH is 1. The highest BCUT2D eigenvalue weighted by Gasteiger charge is 2.48. The number of Topliss-reactive ketones (excluding diaryl/α,β-unsaturated/α-hetero) is 1.